The van der Waals surface area contributed by atoms with E-state index in [2.05, 4.69) is 29.6 Å². The SMILES string of the molecule is CC(C)S(=O)(=O)CCCCCCCc1ccc2sccc2c1. The average molecular weight is 339 g/mol. The third kappa shape index (κ3) is 5.10. The van der Waals surface area contributed by atoms with Crippen LogP contribution in [0.3, 0.4) is 0 Å². The quantitative estimate of drug-likeness (QED) is 0.588. The van der Waals surface area contributed by atoms with Crippen molar-refractivity contribution in [1.82, 2.24) is 0 Å². The predicted octanol–water partition coefficient (Wildman–Crippen LogP) is 5.22. The standard InChI is InChI=1S/C18H26O2S2/c1-15(2)22(19,20)13-7-5-3-4-6-8-16-9-10-18-17(14-16)11-12-21-18/h9-12,14-15H,3-8,13H2,1-2H3. The van der Waals surface area contributed by atoms with E-state index in [-0.39, 0.29) is 5.25 Å². The van der Waals surface area contributed by atoms with Crippen molar-refractivity contribution in [3.63, 3.8) is 0 Å². The van der Waals surface area contributed by atoms with Crippen LogP contribution in [0.15, 0.2) is 29.6 Å². The molecule has 0 aliphatic heterocycles. The molecule has 0 fully saturated rings. The summed E-state index contributed by atoms with van der Waals surface area (Å²) in [4.78, 5) is 0. The number of rotatable bonds is 9. The Balaban J connectivity index is 1.61. The largest absolute Gasteiger partial charge is 0.229 e. The lowest BCUT2D eigenvalue weighted by Crippen LogP contribution is -2.17. The van der Waals surface area contributed by atoms with Crippen LogP contribution in [0.4, 0.5) is 0 Å². The summed E-state index contributed by atoms with van der Waals surface area (Å²) in [5.74, 6) is 0.347. The molecular weight excluding hydrogens is 312 g/mol. The minimum Gasteiger partial charge on any atom is -0.229 e. The second-order valence-corrected chi connectivity index (χ2v) is 9.85. The summed E-state index contributed by atoms with van der Waals surface area (Å²) in [7, 11) is -2.85. The molecule has 0 atom stereocenters. The van der Waals surface area contributed by atoms with E-state index in [1.807, 2.05) is 0 Å². The van der Waals surface area contributed by atoms with Gasteiger partial charge in [0.05, 0.1) is 11.0 Å². The zero-order chi connectivity index (χ0) is 16.0. The maximum Gasteiger partial charge on any atom is 0.152 e. The normalized spacial score (nSPS) is 12.3. The van der Waals surface area contributed by atoms with Crippen LogP contribution in [0, 0.1) is 0 Å². The summed E-state index contributed by atoms with van der Waals surface area (Å²) in [5.41, 5.74) is 1.41. The molecule has 1 aromatic carbocycles. The topological polar surface area (TPSA) is 34.1 Å². The highest BCUT2D eigenvalue weighted by Gasteiger charge is 2.14. The zero-order valence-electron chi connectivity index (χ0n) is 13.5. The smallest absolute Gasteiger partial charge is 0.152 e. The molecule has 2 rings (SSSR count). The Morgan fingerprint density at radius 2 is 1.73 bits per heavy atom. The summed E-state index contributed by atoms with van der Waals surface area (Å²) in [6.45, 7) is 3.53. The molecule has 0 radical (unpaired) electrons. The number of thiophene rings is 1. The molecule has 0 N–H and O–H groups in total. The Labute approximate surface area is 138 Å². The molecule has 0 aliphatic rings. The molecular formula is C18H26O2S2. The molecule has 1 heterocycles. The van der Waals surface area contributed by atoms with Crippen LogP contribution < -0.4 is 0 Å². The Morgan fingerprint density at radius 3 is 2.50 bits per heavy atom. The summed E-state index contributed by atoms with van der Waals surface area (Å²) in [6, 6.07) is 8.92. The lowest BCUT2D eigenvalue weighted by molar-refractivity contribution is 0.577. The van der Waals surface area contributed by atoms with E-state index in [9.17, 15) is 8.42 Å². The van der Waals surface area contributed by atoms with Gasteiger partial charge in [-0.2, -0.15) is 0 Å². The molecule has 0 amide bonds. The maximum atomic E-state index is 11.7. The van der Waals surface area contributed by atoms with Crippen LogP contribution in [-0.2, 0) is 16.3 Å². The minimum absolute atomic E-state index is 0.237. The van der Waals surface area contributed by atoms with Crippen molar-refractivity contribution in [2.24, 2.45) is 0 Å². The third-order valence-electron chi connectivity index (χ3n) is 4.13. The van der Waals surface area contributed by atoms with Crippen LogP contribution in [0.1, 0.15) is 51.5 Å². The molecule has 122 valence electrons. The van der Waals surface area contributed by atoms with Crippen molar-refractivity contribution in [3.8, 4) is 0 Å². The molecule has 2 nitrogen and oxygen atoms in total. The molecule has 0 spiro atoms. The second-order valence-electron chi connectivity index (χ2n) is 6.23. The van der Waals surface area contributed by atoms with Gasteiger partial charge in [-0.3, -0.25) is 0 Å². The van der Waals surface area contributed by atoms with Crippen LogP contribution in [0.2, 0.25) is 0 Å². The first-order valence-electron chi connectivity index (χ1n) is 8.17. The van der Waals surface area contributed by atoms with Gasteiger partial charge < -0.3 is 0 Å². The van der Waals surface area contributed by atoms with Crippen molar-refractivity contribution in [2.45, 2.75) is 57.6 Å². The third-order valence-corrected chi connectivity index (χ3v) is 7.32. The van der Waals surface area contributed by atoms with E-state index in [1.165, 1.54) is 28.5 Å². The highest BCUT2D eigenvalue weighted by molar-refractivity contribution is 7.91. The van der Waals surface area contributed by atoms with Crippen molar-refractivity contribution >= 4 is 31.3 Å². The Bertz CT molecular complexity index is 684. The fourth-order valence-corrected chi connectivity index (χ4v) is 4.42. The molecule has 0 bridgehead atoms. The molecule has 2 aromatic rings. The first-order valence-corrected chi connectivity index (χ1v) is 10.8. The first-order chi connectivity index (χ1) is 10.5. The summed E-state index contributed by atoms with van der Waals surface area (Å²) >= 11 is 1.79. The number of sulfone groups is 1. The van der Waals surface area contributed by atoms with Gasteiger partial charge in [0.25, 0.3) is 0 Å². The number of fused-ring (bicyclic) bond motifs is 1. The number of unbranched alkanes of at least 4 members (excludes halogenated alkanes) is 4. The summed E-state index contributed by atoms with van der Waals surface area (Å²) in [5, 5.41) is 3.25. The van der Waals surface area contributed by atoms with Gasteiger partial charge in [0.1, 0.15) is 0 Å². The van der Waals surface area contributed by atoms with Crippen LogP contribution in [-0.4, -0.2) is 19.4 Å². The van der Waals surface area contributed by atoms with Crippen molar-refractivity contribution < 1.29 is 8.42 Å². The Hall–Kier alpha value is -0.870. The number of hydrogen-bond donors (Lipinski definition) is 0. The highest BCUT2D eigenvalue weighted by Crippen LogP contribution is 2.22. The van der Waals surface area contributed by atoms with Crippen molar-refractivity contribution in [2.75, 3.05) is 5.75 Å². The van der Waals surface area contributed by atoms with Gasteiger partial charge in [-0.1, -0.05) is 31.4 Å². The molecule has 0 saturated heterocycles. The fourth-order valence-electron chi connectivity index (χ4n) is 2.57. The molecule has 0 aliphatic carbocycles. The first kappa shape index (κ1) is 17.5. The second kappa shape index (κ2) is 8.11. The van der Waals surface area contributed by atoms with Gasteiger partial charge >= 0.3 is 0 Å². The van der Waals surface area contributed by atoms with E-state index in [0.29, 0.717) is 5.75 Å². The Morgan fingerprint density at radius 1 is 1.00 bits per heavy atom. The Kier molecular flexibility index (Phi) is 6.45. The van der Waals surface area contributed by atoms with Gasteiger partial charge in [-0.05, 0) is 61.6 Å². The predicted molar refractivity (Wildman–Crippen MR) is 97.5 cm³/mol. The van der Waals surface area contributed by atoms with Gasteiger partial charge in [0.2, 0.25) is 0 Å². The zero-order valence-corrected chi connectivity index (χ0v) is 15.2. The van der Waals surface area contributed by atoms with Crippen molar-refractivity contribution in [3.05, 3.63) is 35.2 Å². The van der Waals surface area contributed by atoms with Crippen LogP contribution >= 0.6 is 11.3 Å². The van der Waals surface area contributed by atoms with Crippen LogP contribution in [0.5, 0.6) is 0 Å². The van der Waals surface area contributed by atoms with Gasteiger partial charge in [-0.15, -0.1) is 11.3 Å². The summed E-state index contributed by atoms with van der Waals surface area (Å²) in [6.07, 6.45) is 6.46. The number of hydrogen-bond acceptors (Lipinski definition) is 3. The monoisotopic (exact) mass is 338 g/mol. The van der Waals surface area contributed by atoms with Gasteiger partial charge in [0, 0.05) is 4.70 Å². The van der Waals surface area contributed by atoms with Gasteiger partial charge in [-0.25, -0.2) is 8.42 Å². The number of benzene rings is 1. The minimum atomic E-state index is -2.85. The van der Waals surface area contributed by atoms with E-state index < -0.39 is 9.84 Å². The van der Waals surface area contributed by atoms with Gasteiger partial charge in [0.15, 0.2) is 9.84 Å². The van der Waals surface area contributed by atoms with E-state index >= 15 is 0 Å². The lowest BCUT2D eigenvalue weighted by Gasteiger charge is -2.07. The number of aryl methyl sites for hydroxylation is 1. The molecule has 22 heavy (non-hydrogen) atoms. The van der Waals surface area contributed by atoms with Crippen molar-refractivity contribution in [1.29, 1.82) is 0 Å². The van der Waals surface area contributed by atoms with Crippen LogP contribution in [0.25, 0.3) is 10.1 Å². The summed E-state index contributed by atoms with van der Waals surface area (Å²) < 4.78 is 24.7. The molecule has 4 heteroatoms. The highest BCUT2D eigenvalue weighted by atomic mass is 32.2. The lowest BCUT2D eigenvalue weighted by atomic mass is 10.0. The average Bonchev–Trinajstić information content (AvgIpc) is 2.93. The molecule has 1 aromatic heterocycles. The molecule has 0 saturated carbocycles. The molecule has 0 unspecified atom stereocenters. The fraction of sp³-hybridized carbons (Fsp3) is 0.556. The van der Waals surface area contributed by atoms with E-state index in [0.717, 1.165) is 25.7 Å². The maximum absolute atomic E-state index is 11.7. The van der Waals surface area contributed by atoms with E-state index in [1.54, 1.807) is 25.2 Å². The van der Waals surface area contributed by atoms with E-state index in [4.69, 9.17) is 0 Å².